The zero-order valence-corrected chi connectivity index (χ0v) is 10.5. The van der Waals surface area contributed by atoms with Gasteiger partial charge in [-0.25, -0.2) is 4.98 Å². The Kier molecular flexibility index (Phi) is 3.74. The van der Waals surface area contributed by atoms with Crippen LogP contribution in [0, 0.1) is 0 Å². The SMILES string of the molecule is CCNC(Cc1cccs1)c1cn(C)cn1. The van der Waals surface area contributed by atoms with E-state index in [0.29, 0.717) is 6.04 Å². The van der Waals surface area contributed by atoms with Crippen LogP contribution in [0.1, 0.15) is 23.5 Å². The molecule has 86 valence electrons. The summed E-state index contributed by atoms with van der Waals surface area (Å²) >= 11 is 1.80. The molecule has 0 aliphatic heterocycles. The number of aromatic nitrogens is 2. The highest BCUT2D eigenvalue weighted by molar-refractivity contribution is 7.09. The van der Waals surface area contributed by atoms with Crippen LogP contribution in [0.3, 0.4) is 0 Å². The molecule has 0 bridgehead atoms. The summed E-state index contributed by atoms with van der Waals surface area (Å²) < 4.78 is 1.99. The van der Waals surface area contributed by atoms with Crippen LogP contribution < -0.4 is 5.32 Å². The maximum Gasteiger partial charge on any atom is 0.0947 e. The van der Waals surface area contributed by atoms with Gasteiger partial charge < -0.3 is 9.88 Å². The highest BCUT2D eigenvalue weighted by Crippen LogP contribution is 2.19. The van der Waals surface area contributed by atoms with Gasteiger partial charge in [-0.3, -0.25) is 0 Å². The van der Waals surface area contributed by atoms with Crippen LogP contribution in [-0.4, -0.2) is 16.1 Å². The third-order valence-corrected chi connectivity index (χ3v) is 3.42. The zero-order valence-electron chi connectivity index (χ0n) is 9.68. The molecule has 0 aliphatic carbocycles. The van der Waals surface area contributed by atoms with Crippen molar-refractivity contribution in [1.82, 2.24) is 14.9 Å². The molecule has 1 atom stereocenters. The molecule has 0 radical (unpaired) electrons. The van der Waals surface area contributed by atoms with Crippen LogP contribution in [-0.2, 0) is 13.5 Å². The summed E-state index contributed by atoms with van der Waals surface area (Å²) in [6, 6.07) is 4.60. The summed E-state index contributed by atoms with van der Waals surface area (Å²) in [5.74, 6) is 0. The van der Waals surface area contributed by atoms with E-state index in [1.807, 2.05) is 17.9 Å². The molecule has 0 saturated heterocycles. The number of rotatable bonds is 5. The summed E-state index contributed by atoms with van der Waals surface area (Å²) in [7, 11) is 2.00. The normalized spacial score (nSPS) is 12.9. The lowest BCUT2D eigenvalue weighted by Crippen LogP contribution is -2.23. The van der Waals surface area contributed by atoms with Gasteiger partial charge in [0.2, 0.25) is 0 Å². The highest BCUT2D eigenvalue weighted by atomic mass is 32.1. The Labute approximate surface area is 100 Å². The van der Waals surface area contributed by atoms with Crippen molar-refractivity contribution in [2.45, 2.75) is 19.4 Å². The molecule has 16 heavy (non-hydrogen) atoms. The fraction of sp³-hybridized carbons (Fsp3) is 0.417. The van der Waals surface area contributed by atoms with Crippen LogP contribution in [0.25, 0.3) is 0 Å². The Morgan fingerprint density at radius 2 is 2.44 bits per heavy atom. The van der Waals surface area contributed by atoms with Gasteiger partial charge in [-0.2, -0.15) is 0 Å². The number of thiophene rings is 1. The van der Waals surface area contributed by atoms with Gasteiger partial charge in [-0.15, -0.1) is 11.3 Å². The van der Waals surface area contributed by atoms with E-state index in [4.69, 9.17) is 0 Å². The molecule has 0 aromatic carbocycles. The van der Waals surface area contributed by atoms with Crippen molar-refractivity contribution in [2.75, 3.05) is 6.54 Å². The van der Waals surface area contributed by atoms with E-state index < -0.39 is 0 Å². The molecule has 3 nitrogen and oxygen atoms in total. The fourth-order valence-electron chi connectivity index (χ4n) is 1.77. The average Bonchev–Trinajstić information content (AvgIpc) is 2.88. The minimum absolute atomic E-state index is 0.324. The van der Waals surface area contributed by atoms with Crippen molar-refractivity contribution in [3.63, 3.8) is 0 Å². The maximum atomic E-state index is 4.42. The summed E-state index contributed by atoms with van der Waals surface area (Å²) in [6.07, 6.45) is 4.96. The zero-order chi connectivity index (χ0) is 11.4. The quantitative estimate of drug-likeness (QED) is 0.862. The molecule has 0 spiro atoms. The number of hydrogen-bond acceptors (Lipinski definition) is 3. The Bertz CT molecular complexity index is 419. The number of nitrogens with zero attached hydrogens (tertiary/aromatic N) is 2. The van der Waals surface area contributed by atoms with E-state index in [9.17, 15) is 0 Å². The Morgan fingerprint density at radius 1 is 1.56 bits per heavy atom. The number of likely N-dealkylation sites (N-methyl/N-ethyl adjacent to an activating group) is 1. The second kappa shape index (κ2) is 5.27. The summed E-state index contributed by atoms with van der Waals surface area (Å²) in [5, 5.41) is 5.60. The average molecular weight is 235 g/mol. The second-order valence-corrected chi connectivity index (χ2v) is 4.89. The van der Waals surface area contributed by atoms with Crippen molar-refractivity contribution in [1.29, 1.82) is 0 Å². The van der Waals surface area contributed by atoms with Crippen molar-refractivity contribution in [3.8, 4) is 0 Å². The first-order valence-electron chi connectivity index (χ1n) is 5.53. The lowest BCUT2D eigenvalue weighted by atomic mass is 10.1. The number of imidazole rings is 1. The lowest BCUT2D eigenvalue weighted by molar-refractivity contribution is 0.542. The predicted molar refractivity (Wildman–Crippen MR) is 67.6 cm³/mol. The fourth-order valence-corrected chi connectivity index (χ4v) is 2.52. The molecule has 0 amide bonds. The molecule has 0 aliphatic rings. The number of nitrogens with one attached hydrogen (secondary N) is 1. The van der Waals surface area contributed by atoms with E-state index >= 15 is 0 Å². The maximum absolute atomic E-state index is 4.42. The Hall–Kier alpha value is -1.13. The van der Waals surface area contributed by atoms with Crippen molar-refractivity contribution in [2.24, 2.45) is 7.05 Å². The monoisotopic (exact) mass is 235 g/mol. The molecule has 2 heterocycles. The van der Waals surface area contributed by atoms with Gasteiger partial charge in [-0.1, -0.05) is 13.0 Å². The second-order valence-electron chi connectivity index (χ2n) is 3.86. The van der Waals surface area contributed by atoms with Gasteiger partial charge >= 0.3 is 0 Å². The van der Waals surface area contributed by atoms with Crippen LogP contribution in [0.5, 0.6) is 0 Å². The van der Waals surface area contributed by atoms with Gasteiger partial charge in [0.25, 0.3) is 0 Å². The molecule has 1 N–H and O–H groups in total. The van der Waals surface area contributed by atoms with Gasteiger partial charge in [0.15, 0.2) is 0 Å². The smallest absolute Gasteiger partial charge is 0.0947 e. The van der Waals surface area contributed by atoms with Crippen LogP contribution in [0.2, 0.25) is 0 Å². The molecule has 2 rings (SSSR count). The number of hydrogen-bond donors (Lipinski definition) is 1. The van der Waals surface area contributed by atoms with E-state index in [-0.39, 0.29) is 0 Å². The van der Waals surface area contributed by atoms with Crippen LogP contribution in [0.4, 0.5) is 0 Å². The van der Waals surface area contributed by atoms with Crippen molar-refractivity contribution >= 4 is 11.3 Å². The molecular formula is C12H17N3S. The Morgan fingerprint density at radius 3 is 3.00 bits per heavy atom. The van der Waals surface area contributed by atoms with E-state index in [0.717, 1.165) is 18.7 Å². The molecule has 0 saturated carbocycles. The standard InChI is InChI=1S/C12H17N3S/c1-3-13-11(7-10-5-4-6-16-10)12-8-15(2)9-14-12/h4-6,8-9,11,13H,3,7H2,1-2H3. The topological polar surface area (TPSA) is 29.9 Å². The molecule has 4 heteroatoms. The predicted octanol–water partition coefficient (Wildman–Crippen LogP) is 2.37. The Balaban J connectivity index is 2.11. The van der Waals surface area contributed by atoms with E-state index in [1.54, 1.807) is 11.3 Å². The minimum Gasteiger partial charge on any atom is -0.340 e. The summed E-state index contributed by atoms with van der Waals surface area (Å²) in [6.45, 7) is 3.09. The number of aryl methyl sites for hydroxylation is 1. The first-order chi connectivity index (χ1) is 7.79. The third kappa shape index (κ3) is 2.71. The largest absolute Gasteiger partial charge is 0.340 e. The van der Waals surface area contributed by atoms with E-state index in [2.05, 4.69) is 40.9 Å². The highest BCUT2D eigenvalue weighted by Gasteiger charge is 2.13. The summed E-state index contributed by atoms with van der Waals surface area (Å²) in [5.41, 5.74) is 1.12. The van der Waals surface area contributed by atoms with Gasteiger partial charge in [0.05, 0.1) is 18.1 Å². The first-order valence-corrected chi connectivity index (χ1v) is 6.41. The summed E-state index contributed by atoms with van der Waals surface area (Å²) in [4.78, 5) is 5.82. The van der Waals surface area contributed by atoms with Crippen molar-refractivity contribution < 1.29 is 0 Å². The first kappa shape index (κ1) is 11.4. The van der Waals surface area contributed by atoms with Gasteiger partial charge in [0, 0.05) is 24.5 Å². The molecule has 2 aromatic rings. The van der Waals surface area contributed by atoms with Crippen LogP contribution >= 0.6 is 11.3 Å². The molecule has 1 unspecified atom stereocenters. The van der Waals surface area contributed by atoms with Crippen LogP contribution in [0.15, 0.2) is 30.0 Å². The molecule has 0 fully saturated rings. The minimum atomic E-state index is 0.324. The van der Waals surface area contributed by atoms with Gasteiger partial charge in [0.1, 0.15) is 0 Å². The third-order valence-electron chi connectivity index (χ3n) is 2.52. The van der Waals surface area contributed by atoms with Gasteiger partial charge in [-0.05, 0) is 18.0 Å². The molecular weight excluding hydrogens is 218 g/mol. The lowest BCUT2D eigenvalue weighted by Gasteiger charge is -2.14. The van der Waals surface area contributed by atoms with Crippen molar-refractivity contribution in [3.05, 3.63) is 40.6 Å². The van der Waals surface area contributed by atoms with E-state index in [1.165, 1.54) is 4.88 Å². The molecule has 2 aromatic heterocycles.